The van der Waals surface area contributed by atoms with Gasteiger partial charge in [0.2, 0.25) is 5.91 Å². The third-order valence-corrected chi connectivity index (χ3v) is 6.48. The molecule has 2 aliphatic heterocycles. The molecule has 0 atom stereocenters. The summed E-state index contributed by atoms with van der Waals surface area (Å²) in [4.78, 5) is 16.5. The van der Waals surface area contributed by atoms with Crippen molar-refractivity contribution in [3.63, 3.8) is 0 Å². The second kappa shape index (κ2) is 6.43. The second-order valence-electron chi connectivity index (χ2n) is 6.34. The lowest BCUT2D eigenvalue weighted by Gasteiger charge is -2.36. The fourth-order valence-corrected chi connectivity index (χ4v) is 4.71. The normalized spacial score (nSPS) is 25.5. The van der Waals surface area contributed by atoms with Gasteiger partial charge in [0.05, 0.1) is 11.5 Å². The first-order valence-electron chi connectivity index (χ1n) is 7.52. The van der Waals surface area contributed by atoms with Crippen LogP contribution in [0.25, 0.3) is 0 Å². The van der Waals surface area contributed by atoms with E-state index in [4.69, 9.17) is 0 Å². The van der Waals surface area contributed by atoms with Crippen LogP contribution in [0.2, 0.25) is 0 Å². The summed E-state index contributed by atoms with van der Waals surface area (Å²) in [6.07, 6.45) is 3.89. The molecule has 2 rings (SSSR count). The first-order chi connectivity index (χ1) is 9.37. The van der Waals surface area contributed by atoms with Gasteiger partial charge in [-0.25, -0.2) is 8.42 Å². The summed E-state index contributed by atoms with van der Waals surface area (Å²) in [7, 11) is 1.18. The molecule has 5 nitrogen and oxygen atoms in total. The van der Waals surface area contributed by atoms with Crippen molar-refractivity contribution in [2.75, 3.05) is 38.7 Å². The molecule has 0 radical (unpaired) electrons. The molecule has 0 saturated carbocycles. The van der Waals surface area contributed by atoms with Gasteiger partial charge in [-0.15, -0.1) is 0 Å². The standard InChI is InChI=1S/C14H26N2O3S/c1-15-7-3-13(4-8-15)16(2)14(17)11-12-5-9-20(18,19)10-6-12/h12-13H,3-11H2,1-2H3. The highest BCUT2D eigenvalue weighted by Gasteiger charge is 2.29. The van der Waals surface area contributed by atoms with E-state index in [2.05, 4.69) is 11.9 Å². The molecule has 2 fully saturated rings. The van der Waals surface area contributed by atoms with E-state index in [1.165, 1.54) is 0 Å². The second-order valence-corrected chi connectivity index (χ2v) is 8.64. The molecule has 0 aromatic rings. The van der Waals surface area contributed by atoms with E-state index in [1.54, 1.807) is 0 Å². The highest BCUT2D eigenvalue weighted by Crippen LogP contribution is 2.24. The molecule has 1 amide bonds. The maximum absolute atomic E-state index is 12.3. The minimum atomic E-state index is -2.83. The van der Waals surface area contributed by atoms with Crippen LogP contribution in [0.4, 0.5) is 0 Å². The monoisotopic (exact) mass is 302 g/mol. The summed E-state index contributed by atoms with van der Waals surface area (Å²) in [5.41, 5.74) is 0. The fraction of sp³-hybridized carbons (Fsp3) is 0.929. The number of rotatable bonds is 3. The van der Waals surface area contributed by atoms with Crippen LogP contribution in [0, 0.1) is 5.92 Å². The van der Waals surface area contributed by atoms with Gasteiger partial charge in [-0.05, 0) is 51.7 Å². The molecular weight excluding hydrogens is 276 g/mol. The SMILES string of the molecule is CN1CCC(N(C)C(=O)CC2CCS(=O)(=O)CC2)CC1. The molecule has 0 bridgehead atoms. The summed E-state index contributed by atoms with van der Waals surface area (Å²) in [6, 6.07) is 0.353. The van der Waals surface area contributed by atoms with E-state index in [-0.39, 0.29) is 23.3 Å². The molecule has 0 aromatic carbocycles. The van der Waals surface area contributed by atoms with E-state index in [0.29, 0.717) is 25.3 Å². The Balaban J connectivity index is 1.79. The lowest BCUT2D eigenvalue weighted by molar-refractivity contribution is -0.133. The number of carbonyl (C=O) groups excluding carboxylic acids is 1. The minimum Gasteiger partial charge on any atom is -0.343 e. The summed E-state index contributed by atoms with van der Waals surface area (Å²) in [6.45, 7) is 2.09. The van der Waals surface area contributed by atoms with E-state index >= 15 is 0 Å². The van der Waals surface area contributed by atoms with Crippen molar-refractivity contribution < 1.29 is 13.2 Å². The highest BCUT2D eigenvalue weighted by atomic mass is 32.2. The maximum atomic E-state index is 12.3. The average molecular weight is 302 g/mol. The zero-order valence-corrected chi connectivity index (χ0v) is 13.4. The van der Waals surface area contributed by atoms with Crippen molar-refractivity contribution in [1.29, 1.82) is 0 Å². The average Bonchev–Trinajstić information content (AvgIpc) is 2.41. The number of piperidine rings is 1. The van der Waals surface area contributed by atoms with Crippen molar-refractivity contribution in [2.24, 2.45) is 5.92 Å². The highest BCUT2D eigenvalue weighted by molar-refractivity contribution is 7.91. The Bertz CT molecular complexity index is 427. The largest absolute Gasteiger partial charge is 0.343 e. The Hall–Kier alpha value is -0.620. The molecule has 0 N–H and O–H groups in total. The van der Waals surface area contributed by atoms with Gasteiger partial charge in [-0.3, -0.25) is 4.79 Å². The minimum absolute atomic E-state index is 0.184. The Labute approximate surface area is 122 Å². The predicted octanol–water partition coefficient (Wildman–Crippen LogP) is 0.754. The number of hydrogen-bond acceptors (Lipinski definition) is 4. The van der Waals surface area contributed by atoms with Crippen LogP contribution < -0.4 is 0 Å². The summed E-state index contributed by atoms with van der Waals surface area (Å²) < 4.78 is 22.8. The van der Waals surface area contributed by atoms with Crippen molar-refractivity contribution in [3.05, 3.63) is 0 Å². The molecule has 0 aromatic heterocycles. The van der Waals surface area contributed by atoms with Crippen molar-refractivity contribution in [1.82, 2.24) is 9.80 Å². The number of nitrogens with zero attached hydrogens (tertiary/aromatic N) is 2. The van der Waals surface area contributed by atoms with E-state index < -0.39 is 9.84 Å². The zero-order valence-electron chi connectivity index (χ0n) is 12.5. The topological polar surface area (TPSA) is 57.7 Å². The van der Waals surface area contributed by atoms with Crippen molar-refractivity contribution >= 4 is 15.7 Å². The fourth-order valence-electron chi connectivity index (χ4n) is 3.12. The molecule has 0 spiro atoms. The van der Waals surface area contributed by atoms with Gasteiger partial charge in [0, 0.05) is 19.5 Å². The molecule has 0 unspecified atom stereocenters. The quantitative estimate of drug-likeness (QED) is 0.772. The van der Waals surface area contributed by atoms with Crippen LogP contribution in [0.1, 0.15) is 32.1 Å². The van der Waals surface area contributed by atoms with Crippen LogP contribution in [0.5, 0.6) is 0 Å². The smallest absolute Gasteiger partial charge is 0.222 e. The first kappa shape index (κ1) is 15.8. The van der Waals surface area contributed by atoms with Crippen LogP contribution in [0.3, 0.4) is 0 Å². The summed E-state index contributed by atoms with van der Waals surface area (Å²) in [5, 5.41) is 0. The lowest BCUT2D eigenvalue weighted by Crippen LogP contribution is -2.45. The Kier molecular flexibility index (Phi) is 5.07. The molecule has 2 heterocycles. The number of hydrogen-bond donors (Lipinski definition) is 0. The summed E-state index contributed by atoms with van der Waals surface area (Å²) in [5.74, 6) is 0.940. The number of sulfone groups is 1. The van der Waals surface area contributed by atoms with Crippen molar-refractivity contribution in [2.45, 2.75) is 38.1 Å². The van der Waals surface area contributed by atoms with Crippen LogP contribution in [0.15, 0.2) is 0 Å². The molecular formula is C14H26N2O3S. The van der Waals surface area contributed by atoms with E-state index in [0.717, 1.165) is 25.9 Å². The zero-order chi connectivity index (χ0) is 14.8. The number of likely N-dealkylation sites (tertiary alicyclic amines) is 1. The molecule has 20 heavy (non-hydrogen) atoms. The van der Waals surface area contributed by atoms with E-state index in [1.807, 2.05) is 11.9 Å². The first-order valence-corrected chi connectivity index (χ1v) is 9.34. The van der Waals surface area contributed by atoms with Gasteiger partial charge in [0.15, 0.2) is 0 Å². The maximum Gasteiger partial charge on any atom is 0.222 e. The Morgan fingerprint density at radius 3 is 2.25 bits per heavy atom. The van der Waals surface area contributed by atoms with Crippen LogP contribution in [-0.2, 0) is 14.6 Å². The Morgan fingerprint density at radius 1 is 1.15 bits per heavy atom. The lowest BCUT2D eigenvalue weighted by atomic mass is 9.97. The van der Waals surface area contributed by atoms with Crippen molar-refractivity contribution in [3.8, 4) is 0 Å². The molecule has 116 valence electrons. The van der Waals surface area contributed by atoms with Gasteiger partial charge < -0.3 is 9.80 Å². The van der Waals surface area contributed by atoms with Gasteiger partial charge in [0.1, 0.15) is 9.84 Å². The van der Waals surface area contributed by atoms with Gasteiger partial charge in [-0.1, -0.05) is 0 Å². The number of amides is 1. The van der Waals surface area contributed by atoms with Crippen LogP contribution in [-0.4, -0.2) is 68.9 Å². The van der Waals surface area contributed by atoms with E-state index in [9.17, 15) is 13.2 Å². The molecule has 2 saturated heterocycles. The van der Waals surface area contributed by atoms with Crippen LogP contribution >= 0.6 is 0 Å². The number of carbonyl (C=O) groups is 1. The molecule has 2 aliphatic rings. The van der Waals surface area contributed by atoms with Gasteiger partial charge in [0.25, 0.3) is 0 Å². The van der Waals surface area contributed by atoms with Gasteiger partial charge in [-0.2, -0.15) is 0 Å². The molecule has 0 aliphatic carbocycles. The predicted molar refractivity (Wildman–Crippen MR) is 79.3 cm³/mol. The Morgan fingerprint density at radius 2 is 1.70 bits per heavy atom. The summed E-state index contributed by atoms with van der Waals surface area (Å²) >= 11 is 0. The third kappa shape index (κ3) is 4.19. The third-order valence-electron chi connectivity index (χ3n) is 4.77. The molecule has 6 heteroatoms. The van der Waals surface area contributed by atoms with Gasteiger partial charge >= 0.3 is 0 Å².